The molecule has 2 N–H and O–H groups in total. The summed E-state index contributed by atoms with van der Waals surface area (Å²) in [5, 5.41) is 0. The minimum atomic E-state index is -0.0452. The number of fused-ring (bicyclic) bond motifs is 1. The molecule has 2 aliphatic rings. The van der Waals surface area contributed by atoms with E-state index in [1.807, 2.05) is 18.2 Å². The standard InChI is InChI=1S/C16H23NO2/c1-11-4-3-7-16(9-11)10-14(17)13-6-5-12(18-2)8-15(13)19-16/h5-6,8,11,14H,3-4,7,9-10,17H2,1-2H3. The van der Waals surface area contributed by atoms with Gasteiger partial charge in [-0.2, -0.15) is 0 Å². The van der Waals surface area contributed by atoms with Crippen LogP contribution in [0.1, 0.15) is 50.6 Å². The molecule has 19 heavy (non-hydrogen) atoms. The second kappa shape index (κ2) is 4.71. The Morgan fingerprint density at radius 3 is 2.95 bits per heavy atom. The molecule has 1 aliphatic heterocycles. The van der Waals surface area contributed by atoms with Crippen LogP contribution in [0.5, 0.6) is 11.5 Å². The van der Waals surface area contributed by atoms with E-state index in [0.29, 0.717) is 0 Å². The Morgan fingerprint density at radius 1 is 1.37 bits per heavy atom. The molecule has 1 fully saturated rings. The molecule has 1 aromatic rings. The monoisotopic (exact) mass is 261 g/mol. The van der Waals surface area contributed by atoms with Gasteiger partial charge in [-0.3, -0.25) is 0 Å². The average Bonchev–Trinajstić information content (AvgIpc) is 2.37. The third-order valence-electron chi connectivity index (χ3n) is 4.59. The Balaban J connectivity index is 1.93. The normalized spacial score (nSPS) is 33.6. The quantitative estimate of drug-likeness (QED) is 0.842. The fraction of sp³-hybridized carbons (Fsp3) is 0.625. The molecule has 3 heteroatoms. The van der Waals surface area contributed by atoms with Crippen molar-refractivity contribution in [3.63, 3.8) is 0 Å². The molecular weight excluding hydrogens is 238 g/mol. The highest BCUT2D eigenvalue weighted by Gasteiger charge is 2.42. The first kappa shape index (κ1) is 12.8. The zero-order valence-corrected chi connectivity index (χ0v) is 11.8. The van der Waals surface area contributed by atoms with Crippen molar-refractivity contribution < 1.29 is 9.47 Å². The SMILES string of the molecule is COc1ccc2c(c1)OC1(CCCC(C)C1)CC2N. The maximum Gasteiger partial charge on any atom is 0.128 e. The van der Waals surface area contributed by atoms with Gasteiger partial charge in [0.15, 0.2) is 0 Å². The van der Waals surface area contributed by atoms with Crippen molar-refractivity contribution in [2.24, 2.45) is 11.7 Å². The van der Waals surface area contributed by atoms with Gasteiger partial charge < -0.3 is 15.2 Å². The van der Waals surface area contributed by atoms with Gasteiger partial charge in [-0.05, 0) is 31.2 Å². The highest BCUT2D eigenvalue weighted by Crippen LogP contribution is 2.47. The van der Waals surface area contributed by atoms with Gasteiger partial charge in [-0.15, -0.1) is 0 Å². The lowest BCUT2D eigenvalue weighted by atomic mass is 9.73. The number of methoxy groups -OCH3 is 1. The van der Waals surface area contributed by atoms with Gasteiger partial charge in [-0.1, -0.05) is 19.4 Å². The van der Waals surface area contributed by atoms with E-state index in [-0.39, 0.29) is 11.6 Å². The summed E-state index contributed by atoms with van der Waals surface area (Å²) in [5.41, 5.74) is 7.44. The van der Waals surface area contributed by atoms with Crippen LogP contribution in [0.25, 0.3) is 0 Å². The first-order chi connectivity index (χ1) is 9.12. The zero-order valence-electron chi connectivity index (χ0n) is 11.8. The van der Waals surface area contributed by atoms with Gasteiger partial charge in [0.2, 0.25) is 0 Å². The van der Waals surface area contributed by atoms with Crippen molar-refractivity contribution >= 4 is 0 Å². The van der Waals surface area contributed by atoms with E-state index >= 15 is 0 Å². The molecule has 1 saturated carbocycles. The van der Waals surface area contributed by atoms with E-state index < -0.39 is 0 Å². The molecule has 3 atom stereocenters. The fourth-order valence-corrected chi connectivity index (χ4v) is 3.71. The fourth-order valence-electron chi connectivity index (χ4n) is 3.71. The molecule has 1 spiro atoms. The second-order valence-corrected chi connectivity index (χ2v) is 6.20. The number of ether oxygens (including phenoxy) is 2. The number of nitrogens with two attached hydrogens (primary N) is 1. The maximum absolute atomic E-state index is 6.38. The highest BCUT2D eigenvalue weighted by atomic mass is 16.5. The number of hydrogen-bond donors (Lipinski definition) is 1. The Kier molecular flexibility index (Phi) is 3.17. The van der Waals surface area contributed by atoms with Crippen LogP contribution < -0.4 is 15.2 Å². The third kappa shape index (κ3) is 2.32. The number of rotatable bonds is 1. The maximum atomic E-state index is 6.38. The molecule has 1 aliphatic carbocycles. The zero-order chi connectivity index (χ0) is 13.5. The van der Waals surface area contributed by atoms with Gasteiger partial charge in [-0.25, -0.2) is 0 Å². The number of hydrogen-bond acceptors (Lipinski definition) is 3. The summed E-state index contributed by atoms with van der Waals surface area (Å²) in [7, 11) is 1.68. The second-order valence-electron chi connectivity index (χ2n) is 6.20. The Morgan fingerprint density at radius 2 is 2.21 bits per heavy atom. The van der Waals surface area contributed by atoms with Gasteiger partial charge in [0.1, 0.15) is 17.1 Å². The van der Waals surface area contributed by atoms with Gasteiger partial charge in [0.25, 0.3) is 0 Å². The molecule has 104 valence electrons. The summed E-state index contributed by atoms with van der Waals surface area (Å²) in [6.07, 6.45) is 5.74. The van der Waals surface area contributed by atoms with Gasteiger partial charge in [0, 0.05) is 24.1 Å². The minimum Gasteiger partial charge on any atom is -0.497 e. The van der Waals surface area contributed by atoms with Crippen LogP contribution in [0, 0.1) is 5.92 Å². The van der Waals surface area contributed by atoms with Gasteiger partial charge in [0.05, 0.1) is 7.11 Å². The van der Waals surface area contributed by atoms with Crippen molar-refractivity contribution in [1.82, 2.24) is 0 Å². The molecule has 0 saturated heterocycles. The summed E-state index contributed by atoms with van der Waals surface area (Å²) in [6.45, 7) is 2.32. The Hall–Kier alpha value is -1.22. The smallest absolute Gasteiger partial charge is 0.128 e. The van der Waals surface area contributed by atoms with E-state index in [4.69, 9.17) is 15.2 Å². The van der Waals surface area contributed by atoms with Crippen LogP contribution in [0.2, 0.25) is 0 Å². The molecule has 1 heterocycles. The van der Waals surface area contributed by atoms with Crippen molar-refractivity contribution in [3.8, 4) is 11.5 Å². The molecule has 0 amide bonds. The Bertz CT molecular complexity index is 474. The van der Waals surface area contributed by atoms with Gasteiger partial charge >= 0.3 is 0 Å². The molecule has 0 aromatic heterocycles. The predicted octanol–water partition coefficient (Wildman–Crippen LogP) is 3.43. The topological polar surface area (TPSA) is 44.5 Å². The number of benzene rings is 1. The summed E-state index contributed by atoms with van der Waals surface area (Å²) < 4.78 is 11.7. The summed E-state index contributed by atoms with van der Waals surface area (Å²) in [4.78, 5) is 0. The van der Waals surface area contributed by atoms with Crippen molar-refractivity contribution in [2.75, 3.05) is 7.11 Å². The highest BCUT2D eigenvalue weighted by molar-refractivity contribution is 5.44. The van der Waals surface area contributed by atoms with Crippen molar-refractivity contribution in [2.45, 2.75) is 50.7 Å². The molecule has 0 bridgehead atoms. The molecule has 3 rings (SSSR count). The van der Waals surface area contributed by atoms with Crippen LogP contribution in [0.15, 0.2) is 18.2 Å². The van der Waals surface area contributed by atoms with E-state index in [0.717, 1.165) is 42.2 Å². The van der Waals surface area contributed by atoms with E-state index in [1.165, 1.54) is 12.8 Å². The largest absolute Gasteiger partial charge is 0.497 e. The molecule has 0 radical (unpaired) electrons. The third-order valence-corrected chi connectivity index (χ3v) is 4.59. The summed E-state index contributed by atoms with van der Waals surface area (Å²) >= 11 is 0. The molecular formula is C16H23NO2. The van der Waals surface area contributed by atoms with Crippen molar-refractivity contribution in [1.29, 1.82) is 0 Å². The van der Waals surface area contributed by atoms with E-state index in [9.17, 15) is 0 Å². The molecule has 3 nitrogen and oxygen atoms in total. The van der Waals surface area contributed by atoms with Crippen LogP contribution in [0.4, 0.5) is 0 Å². The lowest BCUT2D eigenvalue weighted by molar-refractivity contribution is -0.0141. The van der Waals surface area contributed by atoms with Crippen LogP contribution in [0.3, 0.4) is 0 Å². The predicted molar refractivity (Wildman–Crippen MR) is 75.5 cm³/mol. The lowest BCUT2D eigenvalue weighted by Gasteiger charge is -2.45. The minimum absolute atomic E-state index is 0.0452. The molecule has 1 aromatic carbocycles. The summed E-state index contributed by atoms with van der Waals surface area (Å²) in [6, 6.07) is 6.07. The van der Waals surface area contributed by atoms with E-state index in [2.05, 4.69) is 6.92 Å². The van der Waals surface area contributed by atoms with Crippen LogP contribution >= 0.6 is 0 Å². The first-order valence-electron chi connectivity index (χ1n) is 7.24. The average molecular weight is 261 g/mol. The van der Waals surface area contributed by atoms with Crippen LogP contribution in [-0.2, 0) is 0 Å². The molecule has 3 unspecified atom stereocenters. The lowest BCUT2D eigenvalue weighted by Crippen LogP contribution is -2.46. The first-order valence-corrected chi connectivity index (χ1v) is 7.24. The van der Waals surface area contributed by atoms with E-state index in [1.54, 1.807) is 7.11 Å². The summed E-state index contributed by atoms with van der Waals surface area (Å²) in [5.74, 6) is 2.49. The Labute approximate surface area is 115 Å². The van der Waals surface area contributed by atoms with Crippen molar-refractivity contribution in [3.05, 3.63) is 23.8 Å². The van der Waals surface area contributed by atoms with Crippen LogP contribution in [-0.4, -0.2) is 12.7 Å².